The summed E-state index contributed by atoms with van der Waals surface area (Å²) in [4.78, 5) is 13.7. The van der Waals surface area contributed by atoms with E-state index >= 15 is 0 Å². The van der Waals surface area contributed by atoms with Crippen molar-refractivity contribution in [1.82, 2.24) is 0 Å². The highest BCUT2D eigenvalue weighted by atomic mass is 32.2. The normalized spacial score (nSPS) is 24.2. The first-order chi connectivity index (χ1) is 12.7. The van der Waals surface area contributed by atoms with E-state index in [1.807, 2.05) is 18.2 Å². The molecule has 1 aromatic carbocycles. The van der Waals surface area contributed by atoms with Gasteiger partial charge in [0.1, 0.15) is 11.9 Å². The third-order valence-corrected chi connectivity index (χ3v) is 6.53. The molecule has 3 rings (SSSR count). The van der Waals surface area contributed by atoms with Gasteiger partial charge in [-0.2, -0.15) is 0 Å². The number of benzene rings is 1. The Morgan fingerprint density at radius 3 is 2.77 bits per heavy atom. The standard InChI is InChI=1S/C22H30O3S/c1-2-3-4-8-12-17(23)20-15-21(26-16-10-6-5-7-11-16)22-18(24)13-9-14-19(22)25-20/h5-7,10-11,17,20-21,23H,2-4,8-9,12-15H2,1H3/t17-,20-,21?/m0/s1. The fourth-order valence-corrected chi connectivity index (χ4v) is 5.16. The second-order valence-corrected chi connectivity index (χ2v) is 8.62. The summed E-state index contributed by atoms with van der Waals surface area (Å²) in [5.74, 6) is 1.08. The van der Waals surface area contributed by atoms with Crippen LogP contribution in [0.25, 0.3) is 0 Å². The van der Waals surface area contributed by atoms with Crippen molar-refractivity contribution in [1.29, 1.82) is 0 Å². The molecule has 4 heteroatoms. The molecule has 0 amide bonds. The van der Waals surface area contributed by atoms with Crippen molar-refractivity contribution in [3.63, 3.8) is 0 Å². The summed E-state index contributed by atoms with van der Waals surface area (Å²) in [6.45, 7) is 2.19. The topological polar surface area (TPSA) is 46.5 Å². The van der Waals surface area contributed by atoms with E-state index in [0.29, 0.717) is 12.8 Å². The first-order valence-corrected chi connectivity index (χ1v) is 10.9. The Balaban J connectivity index is 1.72. The maximum atomic E-state index is 12.5. The molecule has 26 heavy (non-hydrogen) atoms. The number of Topliss-reactive ketones (excluding diaryl/α,β-unsaturated/α-hetero) is 1. The van der Waals surface area contributed by atoms with E-state index in [1.54, 1.807) is 11.8 Å². The molecular weight excluding hydrogens is 344 g/mol. The van der Waals surface area contributed by atoms with E-state index in [0.717, 1.165) is 43.4 Å². The van der Waals surface area contributed by atoms with Crippen LogP contribution in [0.1, 0.15) is 64.7 Å². The highest BCUT2D eigenvalue weighted by molar-refractivity contribution is 8.00. The number of aliphatic hydroxyl groups is 1. The lowest BCUT2D eigenvalue weighted by atomic mass is 9.88. The van der Waals surface area contributed by atoms with Gasteiger partial charge in [-0.3, -0.25) is 4.79 Å². The number of unbranched alkanes of at least 4 members (excludes halogenated alkanes) is 3. The zero-order chi connectivity index (χ0) is 18.4. The zero-order valence-electron chi connectivity index (χ0n) is 15.7. The Morgan fingerprint density at radius 2 is 2.00 bits per heavy atom. The van der Waals surface area contributed by atoms with Crippen LogP contribution in [-0.4, -0.2) is 28.3 Å². The summed E-state index contributed by atoms with van der Waals surface area (Å²) >= 11 is 1.74. The first kappa shape index (κ1) is 19.5. The molecule has 1 unspecified atom stereocenters. The van der Waals surface area contributed by atoms with Crippen molar-refractivity contribution in [2.24, 2.45) is 0 Å². The minimum atomic E-state index is -0.447. The number of ketones is 1. The van der Waals surface area contributed by atoms with Gasteiger partial charge < -0.3 is 9.84 Å². The minimum Gasteiger partial charge on any atom is -0.492 e. The van der Waals surface area contributed by atoms with Crippen LogP contribution in [0.15, 0.2) is 46.6 Å². The fourth-order valence-electron chi connectivity index (χ4n) is 3.85. The first-order valence-electron chi connectivity index (χ1n) is 10.0. The van der Waals surface area contributed by atoms with Crippen LogP contribution in [0.5, 0.6) is 0 Å². The lowest BCUT2D eigenvalue weighted by Crippen LogP contribution is -2.39. The second-order valence-electron chi connectivity index (χ2n) is 7.34. The number of thioether (sulfide) groups is 1. The van der Waals surface area contributed by atoms with E-state index in [9.17, 15) is 9.90 Å². The Morgan fingerprint density at radius 1 is 1.19 bits per heavy atom. The number of rotatable bonds is 8. The second kappa shape index (κ2) is 9.61. The monoisotopic (exact) mass is 374 g/mol. The molecule has 0 saturated heterocycles. The number of ether oxygens (including phenoxy) is 1. The van der Waals surface area contributed by atoms with Crippen LogP contribution in [0.4, 0.5) is 0 Å². The molecule has 0 saturated carbocycles. The molecule has 142 valence electrons. The van der Waals surface area contributed by atoms with E-state index in [-0.39, 0.29) is 17.1 Å². The van der Waals surface area contributed by atoms with Crippen molar-refractivity contribution in [3.05, 3.63) is 41.7 Å². The van der Waals surface area contributed by atoms with Gasteiger partial charge in [0.15, 0.2) is 5.78 Å². The Labute approximate surface area is 161 Å². The summed E-state index contributed by atoms with van der Waals surface area (Å²) < 4.78 is 6.14. The molecule has 3 atom stereocenters. The highest BCUT2D eigenvalue weighted by Crippen LogP contribution is 2.42. The molecule has 1 aliphatic carbocycles. The lowest BCUT2D eigenvalue weighted by molar-refractivity contribution is -0.117. The van der Waals surface area contributed by atoms with Gasteiger partial charge in [-0.15, -0.1) is 11.8 Å². The van der Waals surface area contributed by atoms with Gasteiger partial charge in [0, 0.05) is 35.0 Å². The zero-order valence-corrected chi connectivity index (χ0v) is 16.5. The Hall–Kier alpha value is -1.26. The van der Waals surface area contributed by atoms with Crippen LogP contribution in [-0.2, 0) is 9.53 Å². The van der Waals surface area contributed by atoms with Crippen LogP contribution >= 0.6 is 11.8 Å². The van der Waals surface area contributed by atoms with Crippen molar-refractivity contribution >= 4 is 17.5 Å². The number of carbonyl (C=O) groups is 1. The van der Waals surface area contributed by atoms with Crippen molar-refractivity contribution in [2.75, 3.05) is 0 Å². The predicted octanol–water partition coefficient (Wildman–Crippen LogP) is 5.27. The lowest BCUT2D eigenvalue weighted by Gasteiger charge is -2.37. The van der Waals surface area contributed by atoms with Gasteiger partial charge in [0.05, 0.1) is 6.10 Å². The van der Waals surface area contributed by atoms with Gasteiger partial charge in [0.2, 0.25) is 0 Å². The number of hydrogen-bond acceptors (Lipinski definition) is 4. The quantitative estimate of drug-likeness (QED) is 0.629. The summed E-state index contributed by atoms with van der Waals surface area (Å²) in [5.41, 5.74) is 0.875. The minimum absolute atomic E-state index is 0.0873. The molecular formula is C22H30O3S. The fraction of sp³-hybridized carbons (Fsp3) is 0.591. The SMILES string of the molecule is CCCCCC[C@H](O)[C@@H]1CC(Sc2ccccc2)C2=C(CCCC2=O)O1. The van der Waals surface area contributed by atoms with Crippen LogP contribution in [0.3, 0.4) is 0 Å². The molecule has 1 aromatic rings. The number of carbonyl (C=O) groups excluding carboxylic acids is 1. The van der Waals surface area contributed by atoms with Gasteiger partial charge in [-0.05, 0) is 25.0 Å². The summed E-state index contributed by atoms with van der Waals surface area (Å²) in [5, 5.41) is 10.8. The molecule has 1 aliphatic heterocycles. The summed E-state index contributed by atoms with van der Waals surface area (Å²) in [7, 11) is 0. The van der Waals surface area contributed by atoms with Crippen LogP contribution in [0, 0.1) is 0 Å². The third-order valence-electron chi connectivity index (χ3n) is 5.27. The number of hydrogen-bond donors (Lipinski definition) is 1. The highest BCUT2D eigenvalue weighted by Gasteiger charge is 2.38. The average molecular weight is 375 g/mol. The maximum Gasteiger partial charge on any atom is 0.163 e. The number of aliphatic hydroxyl groups excluding tert-OH is 1. The molecule has 3 nitrogen and oxygen atoms in total. The predicted molar refractivity (Wildman–Crippen MR) is 106 cm³/mol. The van der Waals surface area contributed by atoms with E-state index in [2.05, 4.69) is 19.1 Å². The molecule has 0 aromatic heterocycles. The molecule has 1 heterocycles. The van der Waals surface area contributed by atoms with Gasteiger partial charge in [0.25, 0.3) is 0 Å². The molecule has 2 aliphatic rings. The third kappa shape index (κ3) is 4.92. The molecule has 0 spiro atoms. The van der Waals surface area contributed by atoms with Gasteiger partial charge in [-0.1, -0.05) is 50.8 Å². The van der Waals surface area contributed by atoms with Crippen molar-refractivity contribution in [2.45, 2.75) is 87.1 Å². The molecule has 1 N–H and O–H groups in total. The average Bonchev–Trinajstić information content (AvgIpc) is 2.66. The Bertz CT molecular complexity index is 626. The molecule has 0 bridgehead atoms. The summed E-state index contributed by atoms with van der Waals surface area (Å²) in [6.07, 6.45) is 7.77. The van der Waals surface area contributed by atoms with Crippen molar-refractivity contribution in [3.8, 4) is 0 Å². The number of allylic oxidation sites excluding steroid dienone is 1. The smallest absolute Gasteiger partial charge is 0.163 e. The van der Waals surface area contributed by atoms with Gasteiger partial charge in [-0.25, -0.2) is 0 Å². The summed E-state index contributed by atoms with van der Waals surface area (Å²) in [6, 6.07) is 10.2. The largest absolute Gasteiger partial charge is 0.492 e. The van der Waals surface area contributed by atoms with E-state index in [4.69, 9.17) is 4.74 Å². The Kier molecular flexibility index (Phi) is 7.21. The van der Waals surface area contributed by atoms with Crippen LogP contribution < -0.4 is 0 Å². The molecule has 0 radical (unpaired) electrons. The van der Waals surface area contributed by atoms with E-state index < -0.39 is 6.10 Å². The van der Waals surface area contributed by atoms with Crippen LogP contribution in [0.2, 0.25) is 0 Å². The maximum absolute atomic E-state index is 12.5. The van der Waals surface area contributed by atoms with E-state index in [1.165, 1.54) is 17.7 Å². The van der Waals surface area contributed by atoms with Gasteiger partial charge >= 0.3 is 0 Å². The van der Waals surface area contributed by atoms with Crippen molar-refractivity contribution < 1.29 is 14.6 Å². The molecule has 0 fully saturated rings.